The number of nitrogens with zero attached hydrogens (tertiary/aromatic N) is 2. The Hall–Kier alpha value is -5.22. The molecule has 0 saturated heterocycles. The van der Waals surface area contributed by atoms with Gasteiger partial charge in [-0.15, -0.1) is 0 Å². The first-order chi connectivity index (χ1) is 19.9. The van der Waals surface area contributed by atoms with Gasteiger partial charge in [0.15, 0.2) is 0 Å². The molecule has 0 spiro atoms. The van der Waals surface area contributed by atoms with Crippen LogP contribution in [-0.2, 0) is 0 Å². The highest BCUT2D eigenvalue weighted by molar-refractivity contribution is 6.90. The van der Waals surface area contributed by atoms with Gasteiger partial charge < -0.3 is 13.8 Å². The van der Waals surface area contributed by atoms with Crippen LogP contribution in [0.5, 0.6) is 0 Å². The first-order valence-corrected chi connectivity index (χ1v) is 13.8. The highest BCUT2D eigenvalue weighted by atomic mass is 16.3. The maximum atomic E-state index is 6.74. The van der Waals surface area contributed by atoms with Crippen LogP contribution in [0.4, 0.5) is 17.1 Å². The number of rotatable bonds is 1. The molecule has 4 heteroatoms. The second-order valence-corrected chi connectivity index (χ2v) is 10.9. The van der Waals surface area contributed by atoms with E-state index in [4.69, 9.17) is 4.42 Å². The van der Waals surface area contributed by atoms with Crippen molar-refractivity contribution in [1.29, 1.82) is 0 Å². The highest BCUT2D eigenvalue weighted by Crippen LogP contribution is 2.48. The lowest BCUT2D eigenvalue weighted by Crippen LogP contribution is -2.56. The molecule has 2 aromatic heterocycles. The molecular formula is C36H21BN2O. The zero-order valence-corrected chi connectivity index (χ0v) is 21.5. The number of anilines is 3. The van der Waals surface area contributed by atoms with Crippen LogP contribution < -0.4 is 15.8 Å². The minimum absolute atomic E-state index is 0.0241. The van der Waals surface area contributed by atoms with Crippen molar-refractivity contribution in [3.8, 4) is 11.1 Å². The highest BCUT2D eigenvalue weighted by Gasteiger charge is 2.43. The summed E-state index contributed by atoms with van der Waals surface area (Å²) in [7, 11) is 0. The molecule has 2 aliphatic heterocycles. The zero-order chi connectivity index (χ0) is 25.9. The van der Waals surface area contributed by atoms with E-state index in [1.54, 1.807) is 0 Å². The summed E-state index contributed by atoms with van der Waals surface area (Å²) in [6, 6.07) is 46.1. The van der Waals surface area contributed by atoms with E-state index >= 15 is 0 Å². The molecule has 0 atom stereocenters. The largest absolute Gasteiger partial charge is 0.455 e. The lowest BCUT2D eigenvalue weighted by atomic mass is 9.45. The Morgan fingerprint density at radius 2 is 1.32 bits per heavy atom. The number of hydrogen-bond acceptors (Lipinski definition) is 2. The van der Waals surface area contributed by atoms with Gasteiger partial charge in [-0.3, -0.25) is 0 Å². The molecule has 4 heterocycles. The van der Waals surface area contributed by atoms with Gasteiger partial charge in [-0.2, -0.15) is 0 Å². The summed E-state index contributed by atoms with van der Waals surface area (Å²) in [4.78, 5) is 2.45. The number of benzene rings is 6. The Labute approximate surface area is 230 Å². The van der Waals surface area contributed by atoms with Crippen molar-refractivity contribution in [3.05, 3.63) is 127 Å². The van der Waals surface area contributed by atoms with Gasteiger partial charge >= 0.3 is 6.85 Å². The van der Waals surface area contributed by atoms with E-state index in [9.17, 15) is 0 Å². The van der Waals surface area contributed by atoms with Crippen LogP contribution >= 0.6 is 0 Å². The predicted octanol–water partition coefficient (Wildman–Crippen LogP) is 8.11. The Balaban J connectivity index is 1.49. The van der Waals surface area contributed by atoms with Crippen LogP contribution in [0.1, 0.15) is 0 Å². The van der Waals surface area contributed by atoms with E-state index in [-0.39, 0.29) is 6.85 Å². The molecule has 2 aliphatic rings. The summed E-state index contributed by atoms with van der Waals surface area (Å²) < 4.78 is 9.33. The van der Waals surface area contributed by atoms with Gasteiger partial charge in [-0.1, -0.05) is 91.0 Å². The predicted molar refractivity (Wildman–Crippen MR) is 167 cm³/mol. The fourth-order valence-corrected chi connectivity index (χ4v) is 7.44. The van der Waals surface area contributed by atoms with Gasteiger partial charge in [-0.25, -0.2) is 0 Å². The Morgan fingerprint density at radius 1 is 0.575 bits per heavy atom. The fraction of sp³-hybridized carbons (Fsp3) is 0. The van der Waals surface area contributed by atoms with E-state index in [1.165, 1.54) is 55.2 Å². The first kappa shape index (κ1) is 20.7. The molecule has 3 nitrogen and oxygen atoms in total. The lowest BCUT2D eigenvalue weighted by molar-refractivity contribution is 0.670. The van der Waals surface area contributed by atoms with Crippen molar-refractivity contribution in [2.75, 3.05) is 4.90 Å². The van der Waals surface area contributed by atoms with Crippen molar-refractivity contribution in [2.24, 2.45) is 0 Å². The molecule has 0 aliphatic carbocycles. The van der Waals surface area contributed by atoms with Gasteiger partial charge in [0.05, 0.1) is 0 Å². The zero-order valence-electron chi connectivity index (χ0n) is 21.5. The summed E-state index contributed by atoms with van der Waals surface area (Å²) in [6.07, 6.45) is 0. The standard InChI is InChI=1S/C36H21BN2O/c1-2-11-22(12-3-1)38-30-19-8-6-17-28(30)37-34-31(38)21-27-24-14-5-9-20-32(24)40-36(27)33(34)26-16-10-15-25-23-13-4-7-18-29(23)39(37)35(25)26/h1-21H. The lowest BCUT2D eigenvalue weighted by Gasteiger charge is -2.40. The minimum Gasteiger partial charge on any atom is -0.455 e. The van der Waals surface area contributed by atoms with E-state index in [0.29, 0.717) is 0 Å². The smallest absolute Gasteiger partial charge is 0.333 e. The molecular weight excluding hydrogens is 487 g/mol. The molecule has 10 rings (SSSR count). The van der Waals surface area contributed by atoms with E-state index < -0.39 is 0 Å². The Bertz CT molecular complexity index is 2350. The summed E-state index contributed by atoms with van der Waals surface area (Å²) in [5, 5.41) is 4.89. The molecule has 0 N–H and O–H groups in total. The molecule has 8 aromatic rings. The molecule has 0 radical (unpaired) electrons. The van der Waals surface area contributed by atoms with Crippen molar-refractivity contribution < 1.29 is 4.42 Å². The summed E-state index contributed by atoms with van der Waals surface area (Å²) in [5.41, 5.74) is 13.1. The number of para-hydroxylation sites is 5. The minimum atomic E-state index is 0.0241. The molecule has 0 bridgehead atoms. The summed E-state index contributed by atoms with van der Waals surface area (Å²) >= 11 is 0. The molecule has 184 valence electrons. The van der Waals surface area contributed by atoms with Gasteiger partial charge in [0, 0.05) is 60.8 Å². The molecule has 0 fully saturated rings. The maximum absolute atomic E-state index is 6.74. The Morgan fingerprint density at radius 3 is 2.25 bits per heavy atom. The fourth-order valence-electron chi connectivity index (χ4n) is 7.44. The van der Waals surface area contributed by atoms with E-state index in [0.717, 1.165) is 27.6 Å². The van der Waals surface area contributed by atoms with E-state index in [2.05, 4.69) is 137 Å². The van der Waals surface area contributed by atoms with Gasteiger partial charge in [0.25, 0.3) is 0 Å². The molecule has 0 unspecified atom stereocenters. The molecule has 0 saturated carbocycles. The van der Waals surface area contributed by atoms with Gasteiger partial charge in [0.1, 0.15) is 11.2 Å². The van der Waals surface area contributed by atoms with Gasteiger partial charge in [-0.05, 0) is 47.3 Å². The summed E-state index contributed by atoms with van der Waals surface area (Å²) in [5.74, 6) is 0. The Kier molecular flexibility index (Phi) is 3.75. The van der Waals surface area contributed by atoms with Crippen LogP contribution in [0.2, 0.25) is 0 Å². The maximum Gasteiger partial charge on any atom is 0.333 e. The van der Waals surface area contributed by atoms with Crippen LogP contribution in [-0.4, -0.2) is 11.3 Å². The molecule has 0 amide bonds. The van der Waals surface area contributed by atoms with Crippen LogP contribution in [0.25, 0.3) is 54.9 Å². The number of hydrogen-bond donors (Lipinski definition) is 0. The number of fused-ring (bicyclic) bond motifs is 11. The monoisotopic (exact) mass is 508 g/mol. The summed E-state index contributed by atoms with van der Waals surface area (Å²) in [6.45, 7) is 0.0241. The van der Waals surface area contributed by atoms with Crippen LogP contribution in [0.3, 0.4) is 0 Å². The van der Waals surface area contributed by atoms with Crippen molar-refractivity contribution >= 4 is 78.6 Å². The quantitative estimate of drug-likeness (QED) is 0.209. The average molecular weight is 508 g/mol. The first-order valence-electron chi connectivity index (χ1n) is 13.8. The van der Waals surface area contributed by atoms with Crippen molar-refractivity contribution in [3.63, 3.8) is 0 Å². The second kappa shape index (κ2) is 7.25. The third kappa shape index (κ3) is 2.39. The number of aromatic nitrogens is 1. The average Bonchev–Trinajstić information content (AvgIpc) is 3.56. The molecule has 6 aromatic carbocycles. The van der Waals surface area contributed by atoms with Crippen LogP contribution in [0.15, 0.2) is 132 Å². The SMILES string of the molecule is c1ccc(N2c3ccccc3B3c4c2cc2c(oc5ccccc52)c4-c2cccc4c5ccccc5n3c24)cc1. The van der Waals surface area contributed by atoms with Gasteiger partial charge in [0.2, 0.25) is 0 Å². The molecule has 40 heavy (non-hydrogen) atoms. The van der Waals surface area contributed by atoms with Crippen LogP contribution in [0, 0.1) is 0 Å². The third-order valence-electron chi connectivity index (χ3n) is 8.95. The van der Waals surface area contributed by atoms with Crippen molar-refractivity contribution in [1.82, 2.24) is 4.48 Å². The normalized spacial score (nSPS) is 13.4. The topological polar surface area (TPSA) is 21.3 Å². The van der Waals surface area contributed by atoms with Crippen molar-refractivity contribution in [2.45, 2.75) is 0 Å². The number of furan rings is 1. The second-order valence-electron chi connectivity index (χ2n) is 10.9. The van der Waals surface area contributed by atoms with E-state index in [1.807, 2.05) is 0 Å². The third-order valence-corrected chi connectivity index (χ3v) is 8.95.